The van der Waals surface area contributed by atoms with Crippen LogP contribution in [0, 0.1) is 12.8 Å². The second-order valence-corrected chi connectivity index (χ2v) is 9.78. The fourth-order valence-electron chi connectivity index (χ4n) is 4.40. The molecule has 2 aromatic heterocycles. The van der Waals surface area contributed by atoms with E-state index < -0.39 is 5.97 Å². The van der Waals surface area contributed by atoms with Crippen LogP contribution in [0.1, 0.15) is 44.8 Å². The minimum Gasteiger partial charge on any atom is -0.497 e. The maximum Gasteiger partial charge on any atom is 0.335 e. The standard InChI is InChI=1S/C27H25N3O5S/c1-16-21(14-24(31)29(15-17-3-4-17)27-28-11-12-36-27)22-13-20(35-2)9-10-23(22)30(16)25(32)18-5-7-19(8-6-18)26(33)34/h5-13,17H,3-4,14-15H2,1-2H3,(H,33,34). The molecule has 36 heavy (non-hydrogen) atoms. The van der Waals surface area contributed by atoms with E-state index in [4.69, 9.17) is 4.74 Å². The minimum atomic E-state index is -1.06. The van der Waals surface area contributed by atoms with Crippen molar-refractivity contribution in [3.63, 3.8) is 0 Å². The van der Waals surface area contributed by atoms with Gasteiger partial charge in [0.25, 0.3) is 5.91 Å². The van der Waals surface area contributed by atoms with Crippen molar-refractivity contribution in [2.45, 2.75) is 26.2 Å². The number of thiazole rings is 1. The lowest BCUT2D eigenvalue weighted by molar-refractivity contribution is -0.118. The van der Waals surface area contributed by atoms with Crippen molar-refractivity contribution in [3.8, 4) is 5.75 Å². The average Bonchev–Trinajstić information content (AvgIpc) is 3.47. The van der Waals surface area contributed by atoms with Crippen LogP contribution in [-0.2, 0) is 11.2 Å². The van der Waals surface area contributed by atoms with Crippen LogP contribution in [-0.4, -0.2) is 46.1 Å². The highest BCUT2D eigenvalue weighted by Gasteiger charge is 2.30. The predicted octanol–water partition coefficient (Wildman–Crippen LogP) is 4.79. The quantitative estimate of drug-likeness (QED) is 0.371. The van der Waals surface area contributed by atoms with E-state index in [0.717, 1.165) is 23.8 Å². The number of amides is 1. The van der Waals surface area contributed by atoms with Crippen LogP contribution >= 0.6 is 11.3 Å². The fourth-order valence-corrected chi connectivity index (χ4v) is 5.07. The Bertz CT molecular complexity index is 1450. The number of nitrogens with zero attached hydrogens (tertiary/aromatic N) is 3. The zero-order valence-electron chi connectivity index (χ0n) is 19.9. The molecule has 0 spiro atoms. The summed E-state index contributed by atoms with van der Waals surface area (Å²) in [6, 6.07) is 11.3. The summed E-state index contributed by atoms with van der Waals surface area (Å²) in [4.78, 5) is 44.5. The Hall–Kier alpha value is -3.98. The van der Waals surface area contributed by atoms with Gasteiger partial charge in [-0.3, -0.25) is 19.1 Å². The van der Waals surface area contributed by atoms with Gasteiger partial charge in [-0.2, -0.15) is 0 Å². The second-order valence-electron chi connectivity index (χ2n) is 8.91. The summed E-state index contributed by atoms with van der Waals surface area (Å²) in [5, 5.41) is 12.5. The topological polar surface area (TPSA) is 102 Å². The molecule has 1 amide bonds. The lowest BCUT2D eigenvalue weighted by Gasteiger charge is -2.20. The molecule has 0 saturated heterocycles. The Labute approximate surface area is 211 Å². The third kappa shape index (κ3) is 4.49. The number of ether oxygens (including phenoxy) is 1. The van der Waals surface area contributed by atoms with Crippen LogP contribution in [0.4, 0.5) is 5.13 Å². The number of hydrogen-bond donors (Lipinski definition) is 1. The number of carboxylic acid groups (broad SMARTS) is 1. The summed E-state index contributed by atoms with van der Waals surface area (Å²) in [7, 11) is 1.57. The van der Waals surface area contributed by atoms with E-state index in [0.29, 0.717) is 40.1 Å². The predicted molar refractivity (Wildman–Crippen MR) is 137 cm³/mol. The van der Waals surface area contributed by atoms with E-state index in [-0.39, 0.29) is 23.8 Å². The Morgan fingerprint density at radius 3 is 2.47 bits per heavy atom. The number of hydrogen-bond acceptors (Lipinski definition) is 6. The molecule has 8 nitrogen and oxygen atoms in total. The highest BCUT2D eigenvalue weighted by molar-refractivity contribution is 7.13. The van der Waals surface area contributed by atoms with Crippen molar-refractivity contribution in [1.82, 2.24) is 9.55 Å². The summed E-state index contributed by atoms with van der Waals surface area (Å²) < 4.78 is 7.01. The molecule has 9 heteroatoms. The van der Waals surface area contributed by atoms with Crippen LogP contribution in [0.15, 0.2) is 54.0 Å². The molecule has 5 rings (SSSR count). The first kappa shape index (κ1) is 23.7. The Kier molecular flexibility index (Phi) is 6.32. The molecule has 1 fully saturated rings. The van der Waals surface area contributed by atoms with Crippen molar-refractivity contribution >= 4 is 45.2 Å². The van der Waals surface area contributed by atoms with Crippen molar-refractivity contribution in [3.05, 3.63) is 76.4 Å². The fraction of sp³-hybridized carbons (Fsp3) is 0.259. The Balaban J connectivity index is 1.55. The lowest BCUT2D eigenvalue weighted by atomic mass is 10.1. The van der Waals surface area contributed by atoms with E-state index >= 15 is 0 Å². The summed E-state index contributed by atoms with van der Waals surface area (Å²) >= 11 is 1.44. The lowest BCUT2D eigenvalue weighted by Crippen LogP contribution is -2.34. The van der Waals surface area contributed by atoms with Crippen molar-refractivity contribution < 1.29 is 24.2 Å². The maximum absolute atomic E-state index is 13.6. The number of benzene rings is 2. The zero-order valence-corrected chi connectivity index (χ0v) is 20.7. The zero-order chi connectivity index (χ0) is 25.4. The molecule has 2 aromatic carbocycles. The first-order chi connectivity index (χ1) is 17.4. The average molecular weight is 504 g/mol. The molecular weight excluding hydrogens is 478 g/mol. The molecule has 0 aliphatic heterocycles. The molecule has 4 aromatic rings. The first-order valence-corrected chi connectivity index (χ1v) is 12.5. The summed E-state index contributed by atoms with van der Waals surface area (Å²) in [5.74, 6) is -0.300. The third-order valence-corrected chi connectivity index (χ3v) is 7.34. The number of aromatic nitrogens is 2. The molecule has 1 saturated carbocycles. The molecule has 2 heterocycles. The van der Waals surface area contributed by atoms with Crippen molar-refractivity contribution in [1.29, 1.82) is 0 Å². The van der Waals surface area contributed by atoms with E-state index in [9.17, 15) is 19.5 Å². The monoisotopic (exact) mass is 503 g/mol. The molecule has 0 unspecified atom stereocenters. The Morgan fingerprint density at radius 1 is 1.14 bits per heavy atom. The van der Waals surface area contributed by atoms with Gasteiger partial charge in [0.15, 0.2) is 5.13 Å². The Morgan fingerprint density at radius 2 is 1.86 bits per heavy atom. The van der Waals surface area contributed by atoms with Gasteiger partial charge in [-0.05, 0) is 73.7 Å². The number of carboxylic acids is 1. The number of methoxy groups -OCH3 is 1. The van der Waals surface area contributed by atoms with Gasteiger partial charge in [-0.25, -0.2) is 9.78 Å². The molecule has 1 aliphatic rings. The summed E-state index contributed by atoms with van der Waals surface area (Å²) in [6.07, 6.45) is 4.03. The van der Waals surface area contributed by atoms with E-state index in [1.54, 1.807) is 34.9 Å². The second kappa shape index (κ2) is 9.58. The van der Waals surface area contributed by atoms with Gasteiger partial charge in [0, 0.05) is 34.8 Å². The van der Waals surface area contributed by atoms with Crippen molar-refractivity contribution in [2.24, 2.45) is 5.92 Å². The third-order valence-electron chi connectivity index (χ3n) is 6.54. The van der Waals surface area contributed by atoms with Gasteiger partial charge in [0.05, 0.1) is 24.6 Å². The van der Waals surface area contributed by atoms with Crippen LogP contribution in [0.2, 0.25) is 0 Å². The first-order valence-electron chi connectivity index (χ1n) is 11.6. The molecule has 0 bridgehead atoms. The van der Waals surface area contributed by atoms with E-state index in [1.807, 2.05) is 18.4 Å². The summed E-state index contributed by atoms with van der Waals surface area (Å²) in [5.41, 5.74) is 2.53. The normalized spacial score (nSPS) is 13.1. The van der Waals surface area contributed by atoms with Gasteiger partial charge in [0.1, 0.15) is 5.75 Å². The largest absolute Gasteiger partial charge is 0.497 e. The van der Waals surface area contributed by atoms with Crippen LogP contribution in [0.5, 0.6) is 5.75 Å². The molecule has 0 atom stereocenters. The van der Waals surface area contributed by atoms with Gasteiger partial charge in [-0.1, -0.05) is 0 Å². The highest BCUT2D eigenvalue weighted by Crippen LogP contribution is 2.34. The van der Waals surface area contributed by atoms with E-state index in [1.165, 1.54) is 35.6 Å². The number of fused-ring (bicyclic) bond motifs is 1. The van der Waals surface area contributed by atoms with E-state index in [2.05, 4.69) is 4.98 Å². The number of aromatic carboxylic acids is 1. The SMILES string of the molecule is COc1ccc2c(c1)c(CC(=O)N(CC1CC1)c1nccs1)c(C)n2C(=O)c1ccc(C(=O)O)cc1. The molecule has 0 radical (unpaired) electrons. The molecular formula is C27H25N3O5S. The number of anilines is 1. The smallest absolute Gasteiger partial charge is 0.335 e. The molecule has 1 N–H and O–H groups in total. The van der Waals surface area contributed by atoms with Gasteiger partial charge in [0.2, 0.25) is 5.91 Å². The number of carbonyl (C=O) groups is 3. The highest BCUT2D eigenvalue weighted by atomic mass is 32.1. The van der Waals surface area contributed by atoms with Crippen LogP contribution < -0.4 is 9.64 Å². The molecule has 184 valence electrons. The van der Waals surface area contributed by atoms with Crippen LogP contribution in [0.25, 0.3) is 10.9 Å². The minimum absolute atomic E-state index is 0.0694. The van der Waals surface area contributed by atoms with Gasteiger partial charge in [-0.15, -0.1) is 11.3 Å². The van der Waals surface area contributed by atoms with Gasteiger partial charge >= 0.3 is 5.97 Å². The van der Waals surface area contributed by atoms with Gasteiger partial charge < -0.3 is 9.84 Å². The molecule has 1 aliphatic carbocycles. The maximum atomic E-state index is 13.6. The van der Waals surface area contributed by atoms with Crippen LogP contribution in [0.3, 0.4) is 0 Å². The number of carbonyl (C=O) groups excluding carboxylic acids is 2. The summed E-state index contributed by atoms with van der Waals surface area (Å²) in [6.45, 7) is 2.47. The van der Waals surface area contributed by atoms with Crippen molar-refractivity contribution in [2.75, 3.05) is 18.6 Å². The number of rotatable bonds is 8.